The Morgan fingerprint density at radius 1 is 1.38 bits per heavy atom. The molecule has 0 saturated carbocycles. The van der Waals surface area contributed by atoms with Crippen molar-refractivity contribution in [2.75, 3.05) is 30.9 Å². The molecular formula is C20H21F2N5O4S. The number of anilines is 2. The van der Waals surface area contributed by atoms with Crippen LogP contribution in [0.1, 0.15) is 29.4 Å². The van der Waals surface area contributed by atoms with Gasteiger partial charge in [0.15, 0.2) is 5.69 Å². The predicted molar refractivity (Wildman–Crippen MR) is 113 cm³/mol. The van der Waals surface area contributed by atoms with Crippen LogP contribution in [-0.2, 0) is 16.5 Å². The highest BCUT2D eigenvalue weighted by atomic mass is 32.1. The molecule has 0 unspecified atom stereocenters. The lowest BCUT2D eigenvalue weighted by molar-refractivity contribution is -0.239. The number of hydrogen-bond acceptors (Lipinski definition) is 8. The molecule has 1 saturated heterocycles. The fourth-order valence-corrected chi connectivity index (χ4v) is 4.08. The average Bonchev–Trinajstić information content (AvgIpc) is 3.31. The first-order chi connectivity index (χ1) is 15.2. The number of aryl methyl sites for hydroxylation is 1. The molecule has 0 aliphatic carbocycles. The lowest BCUT2D eigenvalue weighted by Gasteiger charge is -2.36. The molecule has 12 heteroatoms. The zero-order chi connectivity index (χ0) is 23.0. The summed E-state index contributed by atoms with van der Waals surface area (Å²) in [4.78, 5) is 16.9. The molecule has 4 rings (SSSR count). The standard InChI is InChI=1S/C20H21F2N5O4S/c1-20(7-28)8-30-19(31-9-20)15-12(6-24-27(15)2)25-17(29)14-16(23)32-18(26-14)13-10(21)4-3-5-11(13)22/h3-6,19,28H,7-9,23H2,1-2H3,(H,25,29). The molecule has 2 aromatic heterocycles. The van der Waals surface area contributed by atoms with Gasteiger partial charge in [0.05, 0.1) is 37.3 Å². The third-order valence-corrected chi connectivity index (χ3v) is 5.95. The summed E-state index contributed by atoms with van der Waals surface area (Å²) in [6.07, 6.45) is 0.605. The SMILES string of the molecule is Cn1ncc(NC(=O)c2nc(-c3c(F)cccc3F)sc2N)c1C1OCC(C)(CO)CO1. The van der Waals surface area contributed by atoms with Gasteiger partial charge >= 0.3 is 0 Å². The van der Waals surface area contributed by atoms with E-state index in [4.69, 9.17) is 15.2 Å². The summed E-state index contributed by atoms with van der Waals surface area (Å²) in [7, 11) is 1.66. The number of aliphatic hydroxyl groups is 1. The van der Waals surface area contributed by atoms with Crippen molar-refractivity contribution in [3.05, 3.63) is 47.4 Å². The zero-order valence-corrected chi connectivity index (χ0v) is 18.1. The Morgan fingerprint density at radius 3 is 2.66 bits per heavy atom. The molecule has 0 bridgehead atoms. The second kappa shape index (κ2) is 8.54. The van der Waals surface area contributed by atoms with E-state index in [0.717, 1.165) is 23.5 Å². The number of thiazole rings is 1. The number of halogens is 2. The van der Waals surface area contributed by atoms with Crippen molar-refractivity contribution in [1.29, 1.82) is 0 Å². The number of hydrogen-bond donors (Lipinski definition) is 3. The van der Waals surface area contributed by atoms with E-state index in [9.17, 15) is 18.7 Å². The third-order valence-electron chi connectivity index (χ3n) is 5.05. The fraction of sp³-hybridized carbons (Fsp3) is 0.350. The molecule has 1 aliphatic heterocycles. The monoisotopic (exact) mass is 465 g/mol. The van der Waals surface area contributed by atoms with Gasteiger partial charge in [0.1, 0.15) is 27.3 Å². The Hall–Kier alpha value is -2.93. The Kier molecular flexibility index (Phi) is 5.95. The van der Waals surface area contributed by atoms with Crippen LogP contribution in [0.3, 0.4) is 0 Å². The van der Waals surface area contributed by atoms with Crippen molar-refractivity contribution in [2.24, 2.45) is 12.5 Å². The average molecular weight is 465 g/mol. The second-order valence-electron chi connectivity index (χ2n) is 7.77. The van der Waals surface area contributed by atoms with E-state index in [1.54, 1.807) is 7.05 Å². The molecule has 3 heterocycles. The van der Waals surface area contributed by atoms with E-state index in [0.29, 0.717) is 11.4 Å². The Bertz CT molecular complexity index is 1140. The first-order valence-corrected chi connectivity index (χ1v) is 10.4. The van der Waals surface area contributed by atoms with Crippen LogP contribution < -0.4 is 11.1 Å². The number of nitrogens with two attached hydrogens (primary N) is 1. The number of amides is 1. The normalized spacial score (nSPS) is 21.0. The number of aromatic nitrogens is 3. The smallest absolute Gasteiger partial charge is 0.277 e. The number of nitrogens with zero attached hydrogens (tertiary/aromatic N) is 3. The minimum Gasteiger partial charge on any atom is -0.396 e. The number of aliphatic hydroxyl groups excluding tert-OH is 1. The number of benzene rings is 1. The van der Waals surface area contributed by atoms with Crippen LogP contribution >= 0.6 is 11.3 Å². The highest BCUT2D eigenvalue weighted by Crippen LogP contribution is 2.36. The van der Waals surface area contributed by atoms with Gasteiger partial charge < -0.3 is 25.6 Å². The lowest BCUT2D eigenvalue weighted by Crippen LogP contribution is -2.39. The van der Waals surface area contributed by atoms with Crippen molar-refractivity contribution in [3.63, 3.8) is 0 Å². The third kappa shape index (κ3) is 4.09. The van der Waals surface area contributed by atoms with E-state index in [1.807, 2.05) is 6.92 Å². The summed E-state index contributed by atoms with van der Waals surface area (Å²) in [5.74, 6) is -2.28. The number of ether oxygens (including phenoxy) is 2. The van der Waals surface area contributed by atoms with Crippen molar-refractivity contribution in [2.45, 2.75) is 13.2 Å². The van der Waals surface area contributed by atoms with Crippen molar-refractivity contribution >= 4 is 27.9 Å². The number of rotatable bonds is 5. The minimum absolute atomic E-state index is 0.00877. The van der Waals surface area contributed by atoms with Gasteiger partial charge in [-0.1, -0.05) is 24.3 Å². The van der Waals surface area contributed by atoms with Gasteiger partial charge in [0, 0.05) is 12.5 Å². The van der Waals surface area contributed by atoms with Crippen LogP contribution in [0.25, 0.3) is 10.6 Å². The molecule has 170 valence electrons. The molecule has 4 N–H and O–H groups in total. The first-order valence-electron chi connectivity index (χ1n) is 9.60. The molecule has 0 spiro atoms. The van der Waals surface area contributed by atoms with Gasteiger partial charge in [0.25, 0.3) is 5.91 Å². The van der Waals surface area contributed by atoms with Crippen LogP contribution in [0.4, 0.5) is 19.5 Å². The largest absolute Gasteiger partial charge is 0.396 e. The number of nitrogens with one attached hydrogen (secondary N) is 1. The maximum atomic E-state index is 14.1. The van der Waals surface area contributed by atoms with Crippen LogP contribution in [0.15, 0.2) is 24.4 Å². The van der Waals surface area contributed by atoms with Crippen LogP contribution in [0, 0.1) is 17.0 Å². The van der Waals surface area contributed by atoms with Gasteiger partial charge in [-0.15, -0.1) is 0 Å². The molecular weight excluding hydrogens is 444 g/mol. The Morgan fingerprint density at radius 2 is 2.03 bits per heavy atom. The number of carbonyl (C=O) groups excluding carboxylic acids is 1. The summed E-state index contributed by atoms with van der Waals surface area (Å²) < 4.78 is 41.2. The molecule has 0 atom stereocenters. The summed E-state index contributed by atoms with van der Waals surface area (Å²) in [6.45, 7) is 2.24. The molecule has 1 aromatic carbocycles. The summed E-state index contributed by atoms with van der Waals surface area (Å²) in [5, 5.41) is 16.2. The quantitative estimate of drug-likeness (QED) is 0.529. The maximum Gasteiger partial charge on any atom is 0.277 e. The summed E-state index contributed by atoms with van der Waals surface area (Å²) in [6, 6.07) is 3.44. The zero-order valence-electron chi connectivity index (χ0n) is 17.3. The molecule has 9 nitrogen and oxygen atoms in total. The second-order valence-corrected chi connectivity index (χ2v) is 8.80. The van der Waals surface area contributed by atoms with Gasteiger partial charge in [-0.3, -0.25) is 9.48 Å². The van der Waals surface area contributed by atoms with Gasteiger partial charge in [-0.2, -0.15) is 5.10 Å². The van der Waals surface area contributed by atoms with E-state index in [-0.39, 0.29) is 41.1 Å². The molecule has 1 fully saturated rings. The van der Waals surface area contributed by atoms with E-state index >= 15 is 0 Å². The lowest BCUT2D eigenvalue weighted by atomic mass is 9.93. The van der Waals surface area contributed by atoms with Gasteiger partial charge in [-0.25, -0.2) is 13.8 Å². The van der Waals surface area contributed by atoms with Crippen molar-refractivity contribution in [3.8, 4) is 10.6 Å². The topological polar surface area (TPSA) is 125 Å². The minimum atomic E-state index is -0.812. The van der Waals surface area contributed by atoms with E-state index in [1.165, 1.54) is 16.9 Å². The predicted octanol–water partition coefficient (Wildman–Crippen LogP) is 2.70. The molecule has 3 aromatic rings. The first kappa shape index (κ1) is 22.3. The number of carbonyl (C=O) groups is 1. The molecule has 1 amide bonds. The van der Waals surface area contributed by atoms with Gasteiger partial charge in [-0.05, 0) is 12.1 Å². The summed E-state index contributed by atoms with van der Waals surface area (Å²) >= 11 is 0.806. The van der Waals surface area contributed by atoms with Crippen LogP contribution in [0.5, 0.6) is 0 Å². The van der Waals surface area contributed by atoms with Crippen LogP contribution in [-0.4, -0.2) is 45.6 Å². The van der Waals surface area contributed by atoms with Crippen molar-refractivity contribution in [1.82, 2.24) is 14.8 Å². The Balaban J connectivity index is 1.57. The highest BCUT2D eigenvalue weighted by Gasteiger charge is 2.35. The van der Waals surface area contributed by atoms with E-state index in [2.05, 4.69) is 15.4 Å². The highest BCUT2D eigenvalue weighted by molar-refractivity contribution is 7.19. The summed E-state index contributed by atoms with van der Waals surface area (Å²) in [5.41, 5.74) is 5.65. The fourth-order valence-electron chi connectivity index (χ4n) is 3.20. The van der Waals surface area contributed by atoms with Gasteiger partial charge in [0.2, 0.25) is 6.29 Å². The van der Waals surface area contributed by atoms with Crippen LogP contribution in [0.2, 0.25) is 0 Å². The molecule has 32 heavy (non-hydrogen) atoms. The molecule has 1 aliphatic rings. The maximum absolute atomic E-state index is 14.1. The van der Waals surface area contributed by atoms with E-state index < -0.39 is 29.2 Å². The Labute approximate surface area is 185 Å². The number of nitrogen functional groups attached to an aromatic ring is 1. The van der Waals surface area contributed by atoms with Crippen molar-refractivity contribution < 1.29 is 28.2 Å². The molecule has 0 radical (unpaired) electrons.